The quantitative estimate of drug-likeness (QED) is 0.803. The summed E-state index contributed by atoms with van der Waals surface area (Å²) in [4.78, 5) is 37.2. The number of nitrogens with zero attached hydrogens (tertiary/aromatic N) is 5. The van der Waals surface area contributed by atoms with Gasteiger partial charge in [0.15, 0.2) is 0 Å². The fourth-order valence-corrected chi connectivity index (χ4v) is 2.80. The van der Waals surface area contributed by atoms with Crippen LogP contribution in [0.4, 0.5) is 10.6 Å². The van der Waals surface area contributed by atoms with E-state index in [0.717, 1.165) is 36.9 Å². The van der Waals surface area contributed by atoms with Crippen LogP contribution in [0.5, 0.6) is 5.88 Å². The number of carbonyl (C=O) groups is 2. The predicted molar refractivity (Wildman–Crippen MR) is 82.1 cm³/mol. The number of ether oxygens (including phenoxy) is 1. The molecule has 0 radical (unpaired) electrons. The molecule has 23 heavy (non-hydrogen) atoms. The van der Waals surface area contributed by atoms with Gasteiger partial charge in [-0.1, -0.05) is 0 Å². The molecule has 3 amide bonds. The van der Waals surface area contributed by atoms with Crippen LogP contribution in [0.25, 0.3) is 0 Å². The highest BCUT2D eigenvalue weighted by Crippen LogP contribution is 2.19. The molecule has 3 rings (SSSR count). The highest BCUT2D eigenvalue weighted by atomic mass is 16.5. The maximum Gasteiger partial charge on any atom is 0.325 e. The molecule has 0 aromatic carbocycles. The van der Waals surface area contributed by atoms with Gasteiger partial charge in [-0.15, -0.1) is 0 Å². The summed E-state index contributed by atoms with van der Waals surface area (Å²) in [7, 11) is 3.07. The summed E-state index contributed by atoms with van der Waals surface area (Å²) >= 11 is 0. The number of urea groups is 1. The molecule has 124 valence electrons. The third kappa shape index (κ3) is 3.19. The first kappa shape index (κ1) is 15.5. The Morgan fingerprint density at radius 3 is 2.61 bits per heavy atom. The Labute approximate surface area is 134 Å². The second-order valence-electron chi connectivity index (χ2n) is 5.56. The zero-order chi connectivity index (χ0) is 16.4. The van der Waals surface area contributed by atoms with Gasteiger partial charge >= 0.3 is 6.03 Å². The maximum atomic E-state index is 11.8. The van der Waals surface area contributed by atoms with Crippen LogP contribution in [0.15, 0.2) is 12.4 Å². The van der Waals surface area contributed by atoms with Crippen molar-refractivity contribution in [2.24, 2.45) is 0 Å². The first-order valence-corrected chi connectivity index (χ1v) is 7.50. The molecular weight excluding hydrogens is 300 g/mol. The first-order valence-electron chi connectivity index (χ1n) is 7.50. The van der Waals surface area contributed by atoms with Gasteiger partial charge < -0.3 is 15.0 Å². The Morgan fingerprint density at radius 1 is 1.22 bits per heavy atom. The summed E-state index contributed by atoms with van der Waals surface area (Å²) in [6.07, 6.45) is 1.56. The molecule has 1 aromatic rings. The number of nitrogens with one attached hydrogen (secondary N) is 1. The van der Waals surface area contributed by atoms with Gasteiger partial charge in [-0.25, -0.2) is 14.8 Å². The van der Waals surface area contributed by atoms with Crippen LogP contribution >= 0.6 is 0 Å². The fraction of sp³-hybridized carbons (Fsp3) is 0.571. The van der Waals surface area contributed by atoms with Crippen molar-refractivity contribution in [3.05, 3.63) is 12.4 Å². The molecule has 3 heterocycles. The zero-order valence-electron chi connectivity index (χ0n) is 13.2. The van der Waals surface area contributed by atoms with Crippen molar-refractivity contribution in [2.75, 3.05) is 45.2 Å². The van der Waals surface area contributed by atoms with Crippen LogP contribution in [0, 0.1) is 0 Å². The zero-order valence-corrected chi connectivity index (χ0v) is 13.2. The van der Waals surface area contributed by atoms with E-state index in [2.05, 4.69) is 25.1 Å². The van der Waals surface area contributed by atoms with Gasteiger partial charge in [-0.05, 0) is 0 Å². The van der Waals surface area contributed by atoms with E-state index >= 15 is 0 Å². The van der Waals surface area contributed by atoms with Crippen molar-refractivity contribution >= 4 is 17.8 Å². The number of imide groups is 1. The smallest absolute Gasteiger partial charge is 0.325 e. The van der Waals surface area contributed by atoms with Gasteiger partial charge in [0, 0.05) is 39.3 Å². The lowest BCUT2D eigenvalue weighted by atomic mass is 10.2. The fourth-order valence-electron chi connectivity index (χ4n) is 2.80. The van der Waals surface area contributed by atoms with Crippen LogP contribution < -0.4 is 15.0 Å². The molecule has 2 aliphatic heterocycles. The molecular formula is C14H20N6O3. The minimum absolute atomic E-state index is 0.151. The van der Waals surface area contributed by atoms with Gasteiger partial charge in [0.1, 0.15) is 12.1 Å². The number of rotatable bonds is 3. The van der Waals surface area contributed by atoms with Gasteiger partial charge in [-0.3, -0.25) is 14.6 Å². The summed E-state index contributed by atoms with van der Waals surface area (Å²) < 4.78 is 5.12. The molecule has 0 aliphatic carbocycles. The Balaban J connectivity index is 1.60. The van der Waals surface area contributed by atoms with E-state index in [-0.39, 0.29) is 18.1 Å². The van der Waals surface area contributed by atoms with E-state index in [0.29, 0.717) is 12.3 Å². The molecule has 9 heteroatoms. The number of hydrogen-bond donors (Lipinski definition) is 1. The lowest BCUT2D eigenvalue weighted by Gasteiger charge is -2.41. The van der Waals surface area contributed by atoms with E-state index < -0.39 is 0 Å². The second-order valence-corrected chi connectivity index (χ2v) is 5.56. The minimum Gasteiger partial charge on any atom is -0.481 e. The standard InChI is InChI=1S/C14H20N6O3/c1-18-13(21)8-11(17-14(18)22)20-5-3-19(4-6-20)10-7-12(23-2)16-9-15-10/h7,9,11H,3-6,8H2,1-2H3,(H,17,22). The molecule has 1 N–H and O–H groups in total. The molecule has 1 aromatic heterocycles. The lowest BCUT2D eigenvalue weighted by molar-refractivity contribution is -0.130. The van der Waals surface area contributed by atoms with Crippen LogP contribution in [0.1, 0.15) is 6.42 Å². The number of anilines is 1. The summed E-state index contributed by atoms with van der Waals surface area (Å²) in [5.74, 6) is 1.20. The second kappa shape index (κ2) is 6.37. The van der Waals surface area contributed by atoms with Gasteiger partial charge in [0.05, 0.1) is 19.7 Å². The number of carbonyl (C=O) groups excluding carboxylic acids is 2. The predicted octanol–water partition coefficient (Wildman–Crippen LogP) is -0.495. The summed E-state index contributed by atoms with van der Waals surface area (Å²) in [5.41, 5.74) is 0. The van der Waals surface area contributed by atoms with E-state index in [9.17, 15) is 9.59 Å². The Hall–Kier alpha value is -2.42. The van der Waals surface area contributed by atoms with Crippen LogP contribution in [-0.4, -0.2) is 78.2 Å². The molecule has 0 spiro atoms. The molecule has 2 aliphatic rings. The highest BCUT2D eigenvalue weighted by Gasteiger charge is 2.34. The number of piperazine rings is 1. The maximum absolute atomic E-state index is 11.8. The molecule has 0 saturated carbocycles. The third-order valence-electron chi connectivity index (χ3n) is 4.25. The van der Waals surface area contributed by atoms with Crippen LogP contribution in [0.2, 0.25) is 0 Å². The van der Waals surface area contributed by atoms with Gasteiger partial charge in [0.2, 0.25) is 11.8 Å². The monoisotopic (exact) mass is 320 g/mol. The highest BCUT2D eigenvalue weighted by molar-refractivity contribution is 5.96. The van der Waals surface area contributed by atoms with E-state index in [1.165, 1.54) is 13.4 Å². The number of methoxy groups -OCH3 is 1. The molecule has 0 bridgehead atoms. The largest absolute Gasteiger partial charge is 0.481 e. The molecule has 2 saturated heterocycles. The number of aromatic nitrogens is 2. The number of amides is 3. The minimum atomic E-state index is -0.339. The SMILES string of the molecule is COc1cc(N2CCN(C3CC(=O)N(C)C(=O)N3)CC2)ncn1. The van der Waals surface area contributed by atoms with E-state index in [1.54, 1.807) is 13.2 Å². The van der Waals surface area contributed by atoms with E-state index in [1.807, 2.05) is 0 Å². The summed E-state index contributed by atoms with van der Waals surface area (Å²) in [6, 6.07) is 1.46. The van der Waals surface area contributed by atoms with Crippen molar-refractivity contribution in [1.29, 1.82) is 0 Å². The van der Waals surface area contributed by atoms with Gasteiger partial charge in [-0.2, -0.15) is 0 Å². The molecule has 1 atom stereocenters. The Kier molecular flexibility index (Phi) is 4.28. The topological polar surface area (TPSA) is 90.9 Å². The molecule has 9 nitrogen and oxygen atoms in total. The van der Waals surface area contributed by atoms with Crippen LogP contribution in [0.3, 0.4) is 0 Å². The van der Waals surface area contributed by atoms with Crippen molar-refractivity contribution in [3.63, 3.8) is 0 Å². The average Bonchev–Trinajstić information content (AvgIpc) is 2.59. The molecule has 2 fully saturated rings. The van der Waals surface area contributed by atoms with Gasteiger partial charge in [0.25, 0.3) is 0 Å². The average molecular weight is 320 g/mol. The number of hydrogen-bond acceptors (Lipinski definition) is 7. The Morgan fingerprint density at radius 2 is 1.96 bits per heavy atom. The summed E-state index contributed by atoms with van der Waals surface area (Å²) in [5, 5.41) is 2.87. The van der Waals surface area contributed by atoms with Crippen molar-refractivity contribution in [2.45, 2.75) is 12.6 Å². The van der Waals surface area contributed by atoms with Crippen molar-refractivity contribution in [3.8, 4) is 5.88 Å². The van der Waals surface area contributed by atoms with E-state index in [4.69, 9.17) is 4.74 Å². The van der Waals surface area contributed by atoms with Crippen molar-refractivity contribution in [1.82, 2.24) is 25.1 Å². The third-order valence-corrected chi connectivity index (χ3v) is 4.25. The summed E-state index contributed by atoms with van der Waals surface area (Å²) in [6.45, 7) is 3.01. The first-order chi connectivity index (χ1) is 11.1. The van der Waals surface area contributed by atoms with Crippen molar-refractivity contribution < 1.29 is 14.3 Å². The van der Waals surface area contributed by atoms with Crippen LogP contribution in [-0.2, 0) is 4.79 Å². The normalized spacial score (nSPS) is 23.0. The molecule has 1 unspecified atom stereocenters. The Bertz CT molecular complexity index is 584. The lowest BCUT2D eigenvalue weighted by Crippen LogP contribution is -2.62.